The van der Waals surface area contributed by atoms with Crippen molar-refractivity contribution in [2.24, 2.45) is 0 Å². The summed E-state index contributed by atoms with van der Waals surface area (Å²) in [4.78, 5) is 22.8. The highest BCUT2D eigenvalue weighted by Crippen LogP contribution is 2.20. The molecule has 1 amide bonds. The van der Waals surface area contributed by atoms with Gasteiger partial charge in [0.25, 0.3) is 0 Å². The maximum absolute atomic E-state index is 12.6. The Morgan fingerprint density at radius 2 is 0.952 bits per heavy atom. The highest BCUT2D eigenvalue weighted by Gasteiger charge is 2.14. The van der Waals surface area contributed by atoms with E-state index < -0.39 is 0 Å². The van der Waals surface area contributed by atoms with E-state index in [1.807, 2.05) is 0 Å². The van der Waals surface area contributed by atoms with Gasteiger partial charge in [0.05, 0.1) is 6.10 Å². The summed E-state index contributed by atoms with van der Waals surface area (Å²) in [5.41, 5.74) is 0. The number of nitrogens with one attached hydrogen (secondary N) is 1. The maximum atomic E-state index is 12.6. The largest absolute Gasteiger partial charge is 0.462 e. The molecule has 0 aliphatic carbocycles. The Balaban J connectivity index is 3.86. The van der Waals surface area contributed by atoms with E-state index >= 15 is 0 Å². The molecule has 0 saturated heterocycles. The molecule has 0 aliphatic heterocycles. The smallest absolute Gasteiger partial charge is 0.306 e. The average molecular weight is 614 g/mol. The normalized spacial score (nSPS) is 12.7. The topological polar surface area (TPSA) is 64.6 Å². The first-order valence-corrected chi connectivity index (χ1v) is 18.9. The van der Waals surface area contributed by atoms with E-state index in [0.717, 1.165) is 45.1 Å². The van der Waals surface area contributed by atoms with Crippen molar-refractivity contribution in [2.75, 3.05) is 6.54 Å². The highest BCUT2D eigenvalue weighted by molar-refractivity contribution is 7.09. The molecule has 0 fully saturated rings. The standard InChI is InChI=1S/C36H72NO4P/c1-3-5-7-21-27-34(28-23-17-13-11-12-16-20-26-32-37-33-38)40-36(39)31-25-19-15-10-9-14-18-24-30-35(41-42)29-22-8-6-4-2/h33-35H,3-32,42H2,1-2H3,(H,37,38). The Kier molecular flexibility index (Phi) is 34.3. The fourth-order valence-electron chi connectivity index (χ4n) is 5.81. The van der Waals surface area contributed by atoms with Crippen LogP contribution in [0.3, 0.4) is 0 Å². The Bertz CT molecular complexity index is 563. The molecule has 5 nitrogen and oxygen atoms in total. The fraction of sp³-hybridized carbons (Fsp3) is 0.944. The fourth-order valence-corrected chi connectivity index (χ4v) is 6.08. The van der Waals surface area contributed by atoms with Crippen LogP contribution in [0.25, 0.3) is 0 Å². The lowest BCUT2D eigenvalue weighted by molar-refractivity contribution is -0.150. The summed E-state index contributed by atoms with van der Waals surface area (Å²) in [6, 6.07) is 0. The second-order valence-electron chi connectivity index (χ2n) is 12.6. The van der Waals surface area contributed by atoms with Gasteiger partial charge in [-0.2, -0.15) is 0 Å². The van der Waals surface area contributed by atoms with E-state index in [-0.39, 0.29) is 12.1 Å². The third kappa shape index (κ3) is 30.8. The quantitative estimate of drug-likeness (QED) is 0.0334. The molecular formula is C36H72NO4P. The molecule has 3 atom stereocenters. The van der Waals surface area contributed by atoms with Gasteiger partial charge in [-0.1, -0.05) is 142 Å². The average Bonchev–Trinajstić information content (AvgIpc) is 2.99. The third-order valence-corrected chi connectivity index (χ3v) is 8.97. The van der Waals surface area contributed by atoms with Crippen LogP contribution in [0, 0.1) is 0 Å². The molecule has 0 aromatic heterocycles. The number of unbranched alkanes of at least 4 members (excludes halogenated alkanes) is 20. The van der Waals surface area contributed by atoms with E-state index in [1.165, 1.54) is 148 Å². The zero-order chi connectivity index (χ0) is 30.8. The van der Waals surface area contributed by atoms with Crippen molar-refractivity contribution in [3.8, 4) is 0 Å². The van der Waals surface area contributed by atoms with E-state index in [4.69, 9.17) is 9.26 Å². The van der Waals surface area contributed by atoms with E-state index in [1.54, 1.807) is 0 Å². The molecule has 6 heteroatoms. The van der Waals surface area contributed by atoms with Gasteiger partial charge in [-0.3, -0.25) is 9.59 Å². The SMILES string of the molecule is CCCCCCC(CCCCCCCCCCC(=O)OC(CCCCCC)CCCCCCCCCCNC=O)OP. The molecule has 42 heavy (non-hydrogen) atoms. The molecule has 0 aliphatic rings. The van der Waals surface area contributed by atoms with Crippen molar-refractivity contribution in [3.05, 3.63) is 0 Å². The van der Waals surface area contributed by atoms with Crippen LogP contribution in [0.5, 0.6) is 0 Å². The van der Waals surface area contributed by atoms with Gasteiger partial charge in [-0.15, -0.1) is 0 Å². The molecule has 0 spiro atoms. The molecule has 0 saturated carbocycles. The monoisotopic (exact) mass is 614 g/mol. The molecular weight excluding hydrogens is 541 g/mol. The lowest BCUT2D eigenvalue weighted by Gasteiger charge is -2.18. The number of hydrogen-bond donors (Lipinski definition) is 1. The number of carbonyl (C=O) groups is 2. The summed E-state index contributed by atoms with van der Waals surface area (Å²) in [5, 5.41) is 2.73. The predicted octanol–water partition coefficient (Wildman–Crippen LogP) is 11.2. The first-order chi connectivity index (χ1) is 20.7. The van der Waals surface area contributed by atoms with Crippen LogP contribution in [0.15, 0.2) is 0 Å². The van der Waals surface area contributed by atoms with Gasteiger partial charge >= 0.3 is 5.97 Å². The van der Waals surface area contributed by atoms with Crippen LogP contribution in [0.4, 0.5) is 0 Å². The first kappa shape index (κ1) is 41.3. The Hall–Kier alpha value is -0.670. The number of ether oxygens (including phenoxy) is 1. The highest BCUT2D eigenvalue weighted by atomic mass is 31.0. The van der Waals surface area contributed by atoms with Crippen LogP contribution >= 0.6 is 9.47 Å². The van der Waals surface area contributed by atoms with E-state index in [0.29, 0.717) is 12.5 Å². The third-order valence-electron chi connectivity index (χ3n) is 8.59. The van der Waals surface area contributed by atoms with Crippen LogP contribution < -0.4 is 5.32 Å². The summed E-state index contributed by atoms with van der Waals surface area (Å²) in [5.74, 6) is 0.0279. The molecule has 3 unspecified atom stereocenters. The Morgan fingerprint density at radius 1 is 0.571 bits per heavy atom. The number of esters is 1. The summed E-state index contributed by atoms with van der Waals surface area (Å²) >= 11 is 0. The molecule has 0 radical (unpaired) electrons. The number of hydrogen-bond acceptors (Lipinski definition) is 4. The van der Waals surface area contributed by atoms with Crippen molar-refractivity contribution >= 4 is 21.8 Å². The van der Waals surface area contributed by atoms with Crippen LogP contribution in [-0.4, -0.2) is 31.1 Å². The van der Waals surface area contributed by atoms with Gasteiger partial charge in [0.2, 0.25) is 6.41 Å². The first-order valence-electron chi connectivity index (χ1n) is 18.4. The molecule has 0 bridgehead atoms. The maximum Gasteiger partial charge on any atom is 0.306 e. The van der Waals surface area contributed by atoms with Gasteiger partial charge in [-0.05, 0) is 51.4 Å². The van der Waals surface area contributed by atoms with Gasteiger partial charge in [0.15, 0.2) is 0 Å². The molecule has 0 heterocycles. The van der Waals surface area contributed by atoms with Gasteiger partial charge < -0.3 is 14.6 Å². The van der Waals surface area contributed by atoms with Crippen molar-refractivity contribution in [2.45, 2.75) is 212 Å². The minimum Gasteiger partial charge on any atom is -0.462 e. The van der Waals surface area contributed by atoms with E-state index in [2.05, 4.69) is 28.6 Å². The van der Waals surface area contributed by atoms with Crippen LogP contribution in [-0.2, 0) is 18.8 Å². The van der Waals surface area contributed by atoms with Gasteiger partial charge in [0, 0.05) is 22.4 Å². The summed E-state index contributed by atoms with van der Waals surface area (Å²) in [6.07, 6.45) is 36.2. The lowest BCUT2D eigenvalue weighted by Crippen LogP contribution is -2.18. The molecule has 0 rings (SSSR count). The predicted molar refractivity (Wildman–Crippen MR) is 184 cm³/mol. The van der Waals surface area contributed by atoms with Gasteiger partial charge in [-0.25, -0.2) is 0 Å². The van der Waals surface area contributed by atoms with Gasteiger partial charge in [0.1, 0.15) is 6.10 Å². The molecule has 1 N–H and O–H groups in total. The molecule has 250 valence electrons. The Labute approximate surface area is 264 Å². The van der Waals surface area contributed by atoms with Crippen LogP contribution in [0.2, 0.25) is 0 Å². The molecule has 0 aromatic carbocycles. The lowest BCUT2D eigenvalue weighted by atomic mass is 10.0. The summed E-state index contributed by atoms with van der Waals surface area (Å²) in [7, 11) is 2.48. The zero-order valence-corrected chi connectivity index (χ0v) is 29.3. The van der Waals surface area contributed by atoms with Crippen molar-refractivity contribution < 1.29 is 18.8 Å². The summed E-state index contributed by atoms with van der Waals surface area (Å²) in [6.45, 7) is 5.31. The van der Waals surface area contributed by atoms with E-state index in [9.17, 15) is 9.59 Å². The summed E-state index contributed by atoms with van der Waals surface area (Å²) < 4.78 is 11.6. The number of amides is 1. The van der Waals surface area contributed by atoms with Crippen molar-refractivity contribution in [1.82, 2.24) is 5.32 Å². The molecule has 0 aromatic rings. The Morgan fingerprint density at radius 3 is 1.38 bits per heavy atom. The number of rotatable bonds is 35. The number of carbonyl (C=O) groups excluding carboxylic acids is 2. The van der Waals surface area contributed by atoms with Crippen molar-refractivity contribution in [1.29, 1.82) is 0 Å². The zero-order valence-electron chi connectivity index (χ0n) is 28.2. The minimum atomic E-state index is 0.0279. The second-order valence-corrected chi connectivity index (χ2v) is 12.9. The second kappa shape index (κ2) is 34.8. The van der Waals surface area contributed by atoms with Crippen LogP contribution in [0.1, 0.15) is 200 Å². The minimum absolute atomic E-state index is 0.0279. The van der Waals surface area contributed by atoms with Crippen molar-refractivity contribution in [3.63, 3.8) is 0 Å².